The lowest BCUT2D eigenvalue weighted by molar-refractivity contribution is -0.0194. The monoisotopic (exact) mass is 660 g/mol. The second-order valence-corrected chi connectivity index (χ2v) is 16.9. The third-order valence-corrected chi connectivity index (χ3v) is 12.2. The molecule has 258 valence electrons. The van der Waals surface area contributed by atoms with Gasteiger partial charge >= 0.3 is 6.16 Å². The van der Waals surface area contributed by atoms with Crippen LogP contribution in [0.1, 0.15) is 41.0 Å². The van der Waals surface area contributed by atoms with Gasteiger partial charge < -0.3 is 37.6 Å². The molecule has 0 saturated carbocycles. The van der Waals surface area contributed by atoms with Gasteiger partial charge in [-0.1, -0.05) is 101 Å². The Balaban J connectivity index is 1.46. The van der Waals surface area contributed by atoms with Crippen LogP contribution in [-0.4, -0.2) is 100 Å². The quantitative estimate of drug-likeness (QED) is 0.0601. The van der Waals surface area contributed by atoms with Crippen molar-refractivity contribution in [3.05, 3.63) is 73.3 Å². The minimum Gasteiger partial charge on any atom is -0.434 e. The van der Waals surface area contributed by atoms with Gasteiger partial charge in [0.15, 0.2) is 0 Å². The van der Waals surface area contributed by atoms with Crippen LogP contribution in [0.2, 0.25) is 5.04 Å². The number of ether oxygens (including phenoxy) is 7. The SMILES string of the molecule is C=CCC(C)(C)COC(=O)OCCOCCOCCOCCOCCOCCO[Si](c1ccccc1)(c1ccccc1)C(C)(C)C. The normalized spacial score (nSPS) is 12.2. The summed E-state index contributed by atoms with van der Waals surface area (Å²) in [7, 11) is -2.54. The van der Waals surface area contributed by atoms with Crippen LogP contribution in [0.15, 0.2) is 73.3 Å². The van der Waals surface area contributed by atoms with Crippen molar-refractivity contribution < 1.29 is 42.4 Å². The molecule has 2 aromatic carbocycles. The molecule has 0 radical (unpaired) electrons. The largest absolute Gasteiger partial charge is 0.508 e. The maximum Gasteiger partial charge on any atom is 0.508 e. The average Bonchev–Trinajstić information content (AvgIpc) is 3.03. The van der Waals surface area contributed by atoms with Gasteiger partial charge in [0.1, 0.15) is 13.2 Å². The first-order valence-corrected chi connectivity index (χ1v) is 18.1. The Labute approximate surface area is 277 Å². The van der Waals surface area contributed by atoms with Crippen LogP contribution in [-0.2, 0) is 37.6 Å². The summed E-state index contributed by atoms with van der Waals surface area (Å²) < 4.78 is 44.8. The molecule has 0 fully saturated rings. The molecule has 0 aliphatic carbocycles. The number of benzene rings is 2. The fraction of sp³-hybridized carbons (Fsp3) is 0.583. The topological polar surface area (TPSA) is 90.9 Å². The van der Waals surface area contributed by atoms with E-state index in [4.69, 9.17) is 37.6 Å². The van der Waals surface area contributed by atoms with Gasteiger partial charge in [-0.25, -0.2) is 4.79 Å². The summed E-state index contributed by atoms with van der Waals surface area (Å²) in [5, 5.41) is 2.46. The molecular formula is C36H56O9Si. The lowest BCUT2D eigenvalue weighted by atomic mass is 9.91. The van der Waals surface area contributed by atoms with E-state index in [1.54, 1.807) is 6.08 Å². The molecular weight excluding hydrogens is 604 g/mol. The number of carbonyl (C=O) groups is 1. The summed E-state index contributed by atoms with van der Waals surface area (Å²) >= 11 is 0. The lowest BCUT2D eigenvalue weighted by Gasteiger charge is -2.43. The molecule has 0 heterocycles. The minimum absolute atomic E-state index is 0.0607. The molecule has 0 aliphatic rings. The molecule has 2 aromatic rings. The molecule has 0 saturated heterocycles. The van der Waals surface area contributed by atoms with E-state index in [-0.39, 0.29) is 30.3 Å². The Morgan fingerprint density at radius 3 is 1.39 bits per heavy atom. The molecule has 0 aromatic heterocycles. The van der Waals surface area contributed by atoms with Gasteiger partial charge in [0.25, 0.3) is 8.32 Å². The number of hydrogen-bond acceptors (Lipinski definition) is 9. The fourth-order valence-corrected chi connectivity index (χ4v) is 9.47. The first-order valence-electron chi connectivity index (χ1n) is 16.2. The highest BCUT2D eigenvalue weighted by Crippen LogP contribution is 2.36. The van der Waals surface area contributed by atoms with E-state index in [2.05, 4.69) is 75.9 Å². The maximum absolute atomic E-state index is 11.6. The maximum atomic E-state index is 11.6. The zero-order valence-corrected chi connectivity index (χ0v) is 29.6. The predicted octanol–water partition coefficient (Wildman–Crippen LogP) is 5.40. The first-order chi connectivity index (χ1) is 22.1. The van der Waals surface area contributed by atoms with E-state index in [0.717, 1.165) is 6.42 Å². The van der Waals surface area contributed by atoms with Crippen molar-refractivity contribution in [1.29, 1.82) is 0 Å². The van der Waals surface area contributed by atoms with Crippen LogP contribution >= 0.6 is 0 Å². The highest BCUT2D eigenvalue weighted by atomic mass is 28.4. The predicted molar refractivity (Wildman–Crippen MR) is 184 cm³/mol. The van der Waals surface area contributed by atoms with Crippen LogP contribution in [0.3, 0.4) is 0 Å². The van der Waals surface area contributed by atoms with Gasteiger partial charge in [0.2, 0.25) is 0 Å². The van der Waals surface area contributed by atoms with Crippen LogP contribution in [0.5, 0.6) is 0 Å². The zero-order chi connectivity index (χ0) is 33.6. The molecule has 0 aliphatic heterocycles. The number of allylic oxidation sites excluding steroid dienone is 1. The van der Waals surface area contributed by atoms with Gasteiger partial charge in [0, 0.05) is 5.41 Å². The Hall–Kier alpha value is -2.57. The molecule has 2 rings (SSSR count). The molecule has 0 bridgehead atoms. The molecule has 0 unspecified atom stereocenters. The van der Waals surface area contributed by atoms with Crippen LogP contribution in [0, 0.1) is 5.41 Å². The highest BCUT2D eigenvalue weighted by Gasteiger charge is 2.50. The average molecular weight is 661 g/mol. The van der Waals surface area contributed by atoms with E-state index in [0.29, 0.717) is 66.1 Å². The van der Waals surface area contributed by atoms with Crippen molar-refractivity contribution in [2.45, 2.75) is 46.1 Å². The van der Waals surface area contributed by atoms with E-state index >= 15 is 0 Å². The van der Waals surface area contributed by atoms with Crippen LogP contribution in [0.4, 0.5) is 4.79 Å². The van der Waals surface area contributed by atoms with E-state index in [9.17, 15) is 4.79 Å². The molecule has 0 spiro atoms. The minimum atomic E-state index is -2.54. The standard InChI is InChI=1S/C36H56O9Si/c1-7-18-36(5,6)31-44-34(37)43-29-27-41-25-23-39-21-19-38-20-22-40-24-26-42-28-30-45-46(35(2,3)4,32-14-10-8-11-15-32)33-16-12-9-13-17-33/h7-17H,1,18-31H2,2-6H3. The van der Waals surface area contributed by atoms with Crippen molar-refractivity contribution in [2.24, 2.45) is 5.41 Å². The van der Waals surface area contributed by atoms with Crippen molar-refractivity contribution in [3.63, 3.8) is 0 Å². The smallest absolute Gasteiger partial charge is 0.434 e. The van der Waals surface area contributed by atoms with Crippen LogP contribution < -0.4 is 10.4 Å². The van der Waals surface area contributed by atoms with Crippen molar-refractivity contribution in [3.8, 4) is 0 Å². The van der Waals surface area contributed by atoms with Gasteiger partial charge in [-0.3, -0.25) is 0 Å². The summed E-state index contributed by atoms with van der Waals surface area (Å²) in [6.07, 6.45) is 1.86. The molecule has 9 nitrogen and oxygen atoms in total. The van der Waals surface area contributed by atoms with Gasteiger partial charge in [0.05, 0.1) is 72.7 Å². The molecule has 46 heavy (non-hydrogen) atoms. The van der Waals surface area contributed by atoms with E-state index in [1.165, 1.54) is 10.4 Å². The van der Waals surface area contributed by atoms with Crippen molar-refractivity contribution >= 4 is 24.8 Å². The summed E-state index contributed by atoms with van der Waals surface area (Å²) in [4.78, 5) is 11.6. The summed E-state index contributed by atoms with van der Waals surface area (Å²) in [5.41, 5.74) is -0.161. The Morgan fingerprint density at radius 2 is 1.00 bits per heavy atom. The van der Waals surface area contributed by atoms with E-state index in [1.807, 2.05) is 26.0 Å². The summed E-state index contributed by atoms with van der Waals surface area (Å²) in [6, 6.07) is 21.2. The number of carbonyl (C=O) groups excluding carboxylic acids is 1. The fourth-order valence-electron chi connectivity index (χ4n) is 4.93. The molecule has 0 N–H and O–H groups in total. The lowest BCUT2D eigenvalue weighted by Crippen LogP contribution is -2.66. The highest BCUT2D eigenvalue weighted by molar-refractivity contribution is 6.99. The van der Waals surface area contributed by atoms with Gasteiger partial charge in [-0.2, -0.15) is 0 Å². The van der Waals surface area contributed by atoms with Crippen LogP contribution in [0.25, 0.3) is 0 Å². The Kier molecular flexibility index (Phi) is 19.0. The third kappa shape index (κ3) is 14.9. The Morgan fingerprint density at radius 1 is 0.609 bits per heavy atom. The van der Waals surface area contributed by atoms with Gasteiger partial charge in [-0.05, 0) is 21.8 Å². The summed E-state index contributed by atoms with van der Waals surface area (Å²) in [5.74, 6) is 0. The first kappa shape index (κ1) is 39.6. The van der Waals surface area contributed by atoms with Crippen molar-refractivity contribution in [1.82, 2.24) is 0 Å². The molecule has 10 heteroatoms. The third-order valence-electron chi connectivity index (χ3n) is 7.18. The second-order valence-electron chi connectivity index (χ2n) is 12.6. The van der Waals surface area contributed by atoms with Gasteiger partial charge in [-0.15, -0.1) is 6.58 Å². The number of hydrogen-bond donors (Lipinski definition) is 0. The summed E-state index contributed by atoms with van der Waals surface area (Å²) in [6.45, 7) is 19.9. The number of rotatable bonds is 25. The zero-order valence-electron chi connectivity index (χ0n) is 28.6. The van der Waals surface area contributed by atoms with Crippen molar-refractivity contribution in [2.75, 3.05) is 85.9 Å². The molecule has 0 atom stereocenters. The second kappa shape index (κ2) is 22.1. The van der Waals surface area contributed by atoms with E-state index < -0.39 is 14.5 Å². The Bertz CT molecular complexity index is 1030. The molecule has 0 amide bonds.